The molecule has 1 unspecified atom stereocenters. The molecule has 0 aromatic rings. The van der Waals surface area contributed by atoms with E-state index in [-0.39, 0.29) is 13.7 Å². The van der Waals surface area contributed by atoms with Gasteiger partial charge < -0.3 is 9.57 Å². The van der Waals surface area contributed by atoms with Gasteiger partial charge >= 0.3 is 0 Å². The van der Waals surface area contributed by atoms with E-state index in [0.717, 1.165) is 19.4 Å². The molecular weight excluding hydrogens is 130 g/mol. The van der Waals surface area contributed by atoms with Crippen molar-refractivity contribution in [1.29, 1.82) is 0 Å². The third kappa shape index (κ3) is 2.82. The fourth-order valence-corrected chi connectivity index (χ4v) is 0.877. The molecule has 1 aliphatic rings. The first-order valence-electron chi connectivity index (χ1n) is 3.17. The van der Waals surface area contributed by atoms with Crippen LogP contribution in [0, 0.1) is 0 Å². The zero-order chi connectivity index (χ0) is 6.53. The van der Waals surface area contributed by atoms with Gasteiger partial charge in [-0.1, -0.05) is 12.6 Å². The van der Waals surface area contributed by atoms with E-state index >= 15 is 0 Å². The van der Waals surface area contributed by atoms with Gasteiger partial charge in [0.15, 0.2) is 0 Å². The van der Waals surface area contributed by atoms with Gasteiger partial charge in [-0.25, -0.2) is 0 Å². The monoisotopic (exact) mass is 145 g/mol. The number of hydrogen-bond acceptors (Lipinski definition) is 3. The summed E-state index contributed by atoms with van der Waals surface area (Å²) in [5.74, 6) is 0. The molecule has 3 nitrogen and oxygen atoms in total. The summed E-state index contributed by atoms with van der Waals surface area (Å²) in [7, 11) is 0. The number of hydrogen-bond donors (Lipinski definition) is 0. The van der Waals surface area contributed by atoms with E-state index in [4.69, 9.17) is 9.57 Å². The van der Waals surface area contributed by atoms with E-state index in [1.807, 2.05) is 0 Å². The Labute approximate surface area is 62.0 Å². The van der Waals surface area contributed by atoms with Crippen molar-refractivity contribution in [1.82, 2.24) is 0 Å². The summed E-state index contributed by atoms with van der Waals surface area (Å²) < 4.78 is 5.16. The molecule has 3 heteroatoms. The van der Waals surface area contributed by atoms with E-state index in [1.165, 1.54) is 6.42 Å². The summed E-state index contributed by atoms with van der Waals surface area (Å²) in [6.07, 6.45) is 3.12. The Morgan fingerprint density at radius 3 is 2.80 bits per heavy atom. The van der Waals surface area contributed by atoms with Gasteiger partial charge in [-0.15, -0.1) is 0 Å². The average Bonchev–Trinajstić information content (AvgIpc) is 1.91. The third-order valence-electron chi connectivity index (χ3n) is 1.33. The zero-order valence-corrected chi connectivity index (χ0v) is 5.38. The first kappa shape index (κ1) is 9.43. The van der Waals surface area contributed by atoms with Crippen LogP contribution in [0.2, 0.25) is 0 Å². The van der Waals surface area contributed by atoms with Crippen molar-refractivity contribution in [2.24, 2.45) is 5.16 Å². The maximum Gasteiger partial charge on any atom is 0.226 e. The minimum atomic E-state index is -0.128. The summed E-state index contributed by atoms with van der Waals surface area (Å²) in [6.45, 7) is 3.99. The molecule has 1 heterocycles. The fraction of sp³-hybridized carbons (Fsp3) is 0.857. The molecule has 1 aliphatic heterocycles. The maximum absolute atomic E-state index is 5.16. The molecular formula is C7H15NO2. The number of ether oxygens (including phenoxy) is 1. The van der Waals surface area contributed by atoms with Gasteiger partial charge in [0.25, 0.3) is 0 Å². The third-order valence-corrected chi connectivity index (χ3v) is 1.33. The smallest absolute Gasteiger partial charge is 0.226 e. The highest BCUT2D eigenvalue weighted by Gasteiger charge is 2.13. The van der Waals surface area contributed by atoms with Crippen LogP contribution in [0.1, 0.15) is 26.7 Å². The average molecular weight is 145 g/mol. The predicted molar refractivity (Wildman–Crippen MR) is 41.0 cm³/mol. The topological polar surface area (TPSA) is 30.8 Å². The van der Waals surface area contributed by atoms with Gasteiger partial charge in [-0.05, 0) is 12.8 Å². The highest BCUT2D eigenvalue weighted by atomic mass is 16.8. The summed E-state index contributed by atoms with van der Waals surface area (Å²) in [5, 5.41) is 3.28. The molecule has 0 aliphatic carbocycles. The lowest BCUT2D eigenvalue weighted by Crippen LogP contribution is -2.19. The first-order valence-corrected chi connectivity index (χ1v) is 3.17. The molecule has 0 saturated carbocycles. The van der Waals surface area contributed by atoms with Crippen molar-refractivity contribution < 1.29 is 9.57 Å². The largest absolute Gasteiger partial charge is 0.364 e. The summed E-state index contributed by atoms with van der Waals surface area (Å²) in [6, 6.07) is 0. The van der Waals surface area contributed by atoms with Crippen LogP contribution in [0.25, 0.3) is 0 Å². The van der Waals surface area contributed by atoms with Crippen LogP contribution in [0.5, 0.6) is 0 Å². The predicted octanol–water partition coefficient (Wildman–Crippen LogP) is 1.78. The summed E-state index contributed by atoms with van der Waals surface area (Å²) in [4.78, 5) is 4.77. The zero-order valence-electron chi connectivity index (χ0n) is 5.38. The van der Waals surface area contributed by atoms with Crippen molar-refractivity contribution in [3.05, 3.63) is 0 Å². The van der Waals surface area contributed by atoms with Gasteiger partial charge in [-0.3, -0.25) is 0 Å². The molecule has 10 heavy (non-hydrogen) atoms. The molecule has 0 aromatic heterocycles. The van der Waals surface area contributed by atoms with E-state index in [9.17, 15) is 0 Å². The minimum absolute atomic E-state index is 0. The van der Waals surface area contributed by atoms with Gasteiger partial charge in [-0.2, -0.15) is 0 Å². The van der Waals surface area contributed by atoms with Crippen LogP contribution in [0.3, 0.4) is 0 Å². The molecule has 1 rings (SSSR count). The molecule has 0 amide bonds. The normalized spacial score (nSPS) is 24.6. The Bertz CT molecular complexity index is 89.6. The van der Waals surface area contributed by atoms with E-state index in [2.05, 4.69) is 11.9 Å². The Balaban J connectivity index is 0.000000810. The van der Waals surface area contributed by atoms with Crippen molar-refractivity contribution in [3.8, 4) is 0 Å². The highest BCUT2D eigenvalue weighted by Crippen LogP contribution is 2.13. The second-order valence-electron chi connectivity index (χ2n) is 2.03. The molecule has 0 spiro atoms. The fourth-order valence-electron chi connectivity index (χ4n) is 0.877. The van der Waals surface area contributed by atoms with Gasteiger partial charge in [0.1, 0.15) is 0 Å². The van der Waals surface area contributed by atoms with Gasteiger partial charge in [0.05, 0.1) is 6.61 Å². The number of nitrogens with zero attached hydrogens (tertiary/aromatic N) is 1. The molecule has 60 valence electrons. The first-order chi connectivity index (χ1) is 4.43. The molecule has 1 saturated heterocycles. The maximum atomic E-state index is 5.16. The summed E-state index contributed by atoms with van der Waals surface area (Å²) >= 11 is 0. The van der Waals surface area contributed by atoms with Crippen molar-refractivity contribution in [2.45, 2.75) is 33.0 Å². The molecule has 1 atom stereocenters. The Hall–Kier alpha value is -0.570. The van der Waals surface area contributed by atoms with Crippen LogP contribution in [0.15, 0.2) is 5.16 Å². The highest BCUT2D eigenvalue weighted by molar-refractivity contribution is 5.21. The molecule has 0 bridgehead atoms. The lowest BCUT2D eigenvalue weighted by Gasteiger charge is -2.19. The quantitative estimate of drug-likeness (QED) is 0.438. The minimum Gasteiger partial charge on any atom is -0.364 e. The van der Waals surface area contributed by atoms with Crippen LogP contribution in [-0.2, 0) is 9.57 Å². The molecule has 1 fully saturated rings. The van der Waals surface area contributed by atoms with E-state index < -0.39 is 0 Å². The van der Waals surface area contributed by atoms with Gasteiger partial charge in [0, 0.05) is 13.1 Å². The van der Waals surface area contributed by atoms with Crippen molar-refractivity contribution in [3.63, 3.8) is 0 Å². The second kappa shape index (κ2) is 5.23. The van der Waals surface area contributed by atoms with E-state index in [1.54, 1.807) is 0 Å². The number of rotatable bonds is 2. The van der Waals surface area contributed by atoms with Gasteiger partial charge in [0.2, 0.25) is 6.29 Å². The van der Waals surface area contributed by atoms with Crippen LogP contribution < -0.4 is 0 Å². The molecule has 0 radical (unpaired) electrons. The summed E-state index contributed by atoms with van der Waals surface area (Å²) in [5.41, 5.74) is 0. The van der Waals surface area contributed by atoms with Crippen LogP contribution in [0.4, 0.5) is 0 Å². The van der Waals surface area contributed by atoms with E-state index in [0.29, 0.717) is 0 Å². The second-order valence-corrected chi connectivity index (χ2v) is 2.03. The SMILES string of the molecule is C.C=NOC1CCCCO1. The standard InChI is InChI=1S/C6H11NO2.CH4/c1-7-9-6-4-2-3-5-8-6;/h6H,1-5H2;1H4. The van der Waals surface area contributed by atoms with Crippen LogP contribution in [-0.4, -0.2) is 19.6 Å². The van der Waals surface area contributed by atoms with Crippen molar-refractivity contribution >= 4 is 6.72 Å². The molecule has 0 aromatic carbocycles. The lowest BCUT2D eigenvalue weighted by molar-refractivity contribution is -0.161. The number of oxime groups is 1. The van der Waals surface area contributed by atoms with Crippen molar-refractivity contribution in [2.75, 3.05) is 6.61 Å². The lowest BCUT2D eigenvalue weighted by atomic mass is 10.2. The Morgan fingerprint density at radius 1 is 1.50 bits per heavy atom. The Morgan fingerprint density at radius 2 is 2.30 bits per heavy atom. The Kier molecular flexibility index (Phi) is 4.94. The van der Waals surface area contributed by atoms with Crippen LogP contribution >= 0.6 is 0 Å². The molecule has 0 N–H and O–H groups in total.